The molecule has 1 saturated heterocycles. The summed E-state index contributed by atoms with van der Waals surface area (Å²) in [5, 5.41) is 3.85. The first-order chi connectivity index (χ1) is 11.6. The number of nitrogens with zero attached hydrogens (tertiary/aromatic N) is 1. The van der Waals surface area contributed by atoms with Crippen LogP contribution in [0.5, 0.6) is 0 Å². The van der Waals surface area contributed by atoms with Crippen molar-refractivity contribution in [2.45, 2.75) is 63.5 Å². The molecule has 6 heteroatoms. The molecule has 1 aliphatic heterocycles. The fourth-order valence-electron chi connectivity index (χ4n) is 2.87. The smallest absolute Gasteiger partial charge is 0.219 e. The lowest BCUT2D eigenvalue weighted by Crippen LogP contribution is -2.24. The standard InChI is InChI=1S/C18H29N3OS2/c1-14-12-15(21-17(19)13-14)6-4-5-10-20-18(22)8-3-2-7-16-9-11-23-24-16/h12-13,16H,2-11H2,1H3,(H2,19,21)(H,20,22). The van der Waals surface area contributed by atoms with Gasteiger partial charge in [-0.15, -0.1) is 0 Å². The summed E-state index contributed by atoms with van der Waals surface area (Å²) in [4.78, 5) is 16.1. The number of aryl methyl sites for hydroxylation is 2. The first kappa shape index (κ1) is 19.4. The Labute approximate surface area is 153 Å². The van der Waals surface area contributed by atoms with E-state index in [2.05, 4.69) is 16.4 Å². The summed E-state index contributed by atoms with van der Waals surface area (Å²) < 4.78 is 0. The van der Waals surface area contributed by atoms with Gasteiger partial charge < -0.3 is 11.1 Å². The van der Waals surface area contributed by atoms with E-state index < -0.39 is 0 Å². The molecule has 0 radical (unpaired) electrons. The van der Waals surface area contributed by atoms with Crippen molar-refractivity contribution in [3.8, 4) is 0 Å². The third-order valence-corrected chi connectivity index (χ3v) is 7.14. The third-order valence-electron chi connectivity index (χ3n) is 4.13. The van der Waals surface area contributed by atoms with Gasteiger partial charge >= 0.3 is 0 Å². The normalized spacial score (nSPS) is 17.1. The molecule has 2 heterocycles. The molecule has 0 bridgehead atoms. The van der Waals surface area contributed by atoms with Crippen molar-refractivity contribution in [3.05, 3.63) is 23.4 Å². The number of hydrogen-bond acceptors (Lipinski definition) is 5. The molecule has 1 fully saturated rings. The number of pyridine rings is 1. The zero-order chi connectivity index (χ0) is 17.2. The Morgan fingerprint density at radius 1 is 1.33 bits per heavy atom. The quantitative estimate of drug-likeness (QED) is 0.481. The van der Waals surface area contributed by atoms with Crippen molar-refractivity contribution in [3.63, 3.8) is 0 Å². The Hall–Kier alpha value is -0.880. The number of rotatable bonds is 10. The first-order valence-electron chi connectivity index (χ1n) is 8.91. The van der Waals surface area contributed by atoms with Gasteiger partial charge in [-0.3, -0.25) is 4.79 Å². The average Bonchev–Trinajstić information content (AvgIpc) is 3.03. The number of nitrogens with one attached hydrogen (secondary N) is 1. The molecule has 0 aromatic carbocycles. The summed E-state index contributed by atoms with van der Waals surface area (Å²) in [5.41, 5.74) is 7.95. The number of anilines is 1. The number of carbonyl (C=O) groups is 1. The molecule has 1 unspecified atom stereocenters. The molecule has 134 valence electrons. The van der Waals surface area contributed by atoms with Gasteiger partial charge in [0.15, 0.2) is 0 Å². The van der Waals surface area contributed by atoms with Crippen molar-refractivity contribution in [2.75, 3.05) is 18.0 Å². The van der Waals surface area contributed by atoms with E-state index in [1.54, 1.807) is 0 Å². The lowest BCUT2D eigenvalue weighted by Gasteiger charge is -2.08. The average molecular weight is 368 g/mol. The van der Waals surface area contributed by atoms with Gasteiger partial charge in [-0.25, -0.2) is 4.98 Å². The molecule has 1 aromatic rings. The zero-order valence-corrected chi connectivity index (χ0v) is 16.2. The topological polar surface area (TPSA) is 68.0 Å². The van der Waals surface area contributed by atoms with Crippen LogP contribution in [0.2, 0.25) is 0 Å². The molecule has 1 amide bonds. The summed E-state index contributed by atoms with van der Waals surface area (Å²) in [5.74, 6) is 2.08. The molecule has 0 aliphatic carbocycles. The summed E-state index contributed by atoms with van der Waals surface area (Å²) in [6, 6.07) is 3.96. The lowest BCUT2D eigenvalue weighted by atomic mass is 10.1. The Morgan fingerprint density at radius 2 is 2.21 bits per heavy atom. The van der Waals surface area contributed by atoms with Crippen LogP contribution >= 0.6 is 21.6 Å². The van der Waals surface area contributed by atoms with Crippen LogP contribution in [0, 0.1) is 6.92 Å². The first-order valence-corrected chi connectivity index (χ1v) is 11.3. The molecule has 24 heavy (non-hydrogen) atoms. The minimum absolute atomic E-state index is 0.196. The number of amides is 1. The van der Waals surface area contributed by atoms with E-state index >= 15 is 0 Å². The minimum atomic E-state index is 0.196. The predicted octanol–water partition coefficient (Wildman–Crippen LogP) is 4.13. The zero-order valence-electron chi connectivity index (χ0n) is 14.6. The number of nitrogens with two attached hydrogens (primary N) is 1. The summed E-state index contributed by atoms with van der Waals surface area (Å²) >= 11 is 0. The number of unbranched alkanes of at least 4 members (excludes halogenated alkanes) is 2. The maximum atomic E-state index is 11.8. The predicted molar refractivity (Wildman–Crippen MR) is 106 cm³/mol. The second-order valence-corrected chi connectivity index (χ2v) is 9.23. The molecule has 0 spiro atoms. The van der Waals surface area contributed by atoms with Gasteiger partial charge in [0.1, 0.15) is 5.82 Å². The van der Waals surface area contributed by atoms with E-state index in [1.165, 1.54) is 25.0 Å². The maximum absolute atomic E-state index is 11.8. The molecule has 1 aromatic heterocycles. The highest BCUT2D eigenvalue weighted by Crippen LogP contribution is 2.39. The second kappa shape index (κ2) is 10.9. The molecule has 3 N–H and O–H groups in total. The minimum Gasteiger partial charge on any atom is -0.384 e. The molecule has 1 aliphatic rings. The molecular weight excluding hydrogens is 338 g/mol. The van der Waals surface area contributed by atoms with E-state index in [1.807, 2.05) is 34.6 Å². The van der Waals surface area contributed by atoms with Crippen molar-refractivity contribution in [1.82, 2.24) is 10.3 Å². The number of aromatic nitrogens is 1. The number of hydrogen-bond donors (Lipinski definition) is 2. The van der Waals surface area contributed by atoms with Gasteiger partial charge in [0, 0.05) is 29.7 Å². The summed E-state index contributed by atoms with van der Waals surface area (Å²) in [6.45, 7) is 2.79. The van der Waals surface area contributed by atoms with Gasteiger partial charge in [-0.2, -0.15) is 0 Å². The fraction of sp³-hybridized carbons (Fsp3) is 0.667. The van der Waals surface area contributed by atoms with Gasteiger partial charge in [0.05, 0.1) is 0 Å². The van der Waals surface area contributed by atoms with E-state index in [4.69, 9.17) is 5.73 Å². The Morgan fingerprint density at radius 3 is 2.96 bits per heavy atom. The van der Waals surface area contributed by atoms with Gasteiger partial charge in [-0.05, 0) is 63.1 Å². The van der Waals surface area contributed by atoms with Crippen molar-refractivity contribution < 1.29 is 4.79 Å². The van der Waals surface area contributed by atoms with E-state index in [0.717, 1.165) is 48.7 Å². The van der Waals surface area contributed by atoms with E-state index in [9.17, 15) is 4.79 Å². The van der Waals surface area contributed by atoms with Crippen LogP contribution in [0.4, 0.5) is 5.82 Å². The highest BCUT2D eigenvalue weighted by Gasteiger charge is 2.15. The van der Waals surface area contributed by atoms with Crippen LogP contribution in [0.15, 0.2) is 12.1 Å². The largest absolute Gasteiger partial charge is 0.384 e. The second-order valence-electron chi connectivity index (χ2n) is 6.44. The van der Waals surface area contributed by atoms with Gasteiger partial charge in [0.25, 0.3) is 0 Å². The lowest BCUT2D eigenvalue weighted by molar-refractivity contribution is -0.121. The highest BCUT2D eigenvalue weighted by atomic mass is 33.1. The van der Waals surface area contributed by atoms with Crippen LogP contribution in [0.3, 0.4) is 0 Å². The Bertz CT molecular complexity index is 499. The Balaban J connectivity index is 1.46. The molecule has 2 rings (SSSR count). The Kier molecular flexibility index (Phi) is 8.81. The third kappa shape index (κ3) is 7.79. The van der Waals surface area contributed by atoms with Crippen LogP contribution in [-0.4, -0.2) is 28.4 Å². The monoisotopic (exact) mass is 367 g/mol. The van der Waals surface area contributed by atoms with E-state index in [0.29, 0.717) is 12.2 Å². The van der Waals surface area contributed by atoms with Crippen LogP contribution in [0.25, 0.3) is 0 Å². The molecule has 0 saturated carbocycles. The van der Waals surface area contributed by atoms with Crippen LogP contribution in [0.1, 0.15) is 56.2 Å². The fourth-order valence-corrected chi connectivity index (χ4v) is 5.89. The summed E-state index contributed by atoms with van der Waals surface area (Å²) in [6.07, 6.45) is 8.37. The van der Waals surface area contributed by atoms with Crippen molar-refractivity contribution >= 4 is 33.3 Å². The van der Waals surface area contributed by atoms with Crippen LogP contribution in [-0.2, 0) is 11.2 Å². The number of carbonyl (C=O) groups excluding carboxylic acids is 1. The number of nitrogen functional groups attached to an aromatic ring is 1. The molecular formula is C18H29N3OS2. The molecule has 4 nitrogen and oxygen atoms in total. The van der Waals surface area contributed by atoms with Gasteiger partial charge in [0.2, 0.25) is 5.91 Å². The van der Waals surface area contributed by atoms with Crippen molar-refractivity contribution in [2.24, 2.45) is 0 Å². The maximum Gasteiger partial charge on any atom is 0.219 e. The van der Waals surface area contributed by atoms with Gasteiger partial charge in [-0.1, -0.05) is 28.0 Å². The molecule has 1 atom stereocenters. The van der Waals surface area contributed by atoms with Crippen molar-refractivity contribution in [1.29, 1.82) is 0 Å². The SMILES string of the molecule is Cc1cc(N)nc(CCCCNC(=O)CCCCC2CCSS2)c1. The van der Waals surface area contributed by atoms with Crippen LogP contribution < -0.4 is 11.1 Å². The summed E-state index contributed by atoms with van der Waals surface area (Å²) in [7, 11) is 4.01. The van der Waals surface area contributed by atoms with E-state index in [-0.39, 0.29) is 5.91 Å². The highest BCUT2D eigenvalue weighted by molar-refractivity contribution is 8.77.